The van der Waals surface area contributed by atoms with Crippen LogP contribution in [0.1, 0.15) is 10.4 Å². The van der Waals surface area contributed by atoms with Gasteiger partial charge < -0.3 is 20.1 Å². The van der Waals surface area contributed by atoms with Crippen LogP contribution in [0.4, 0.5) is 11.4 Å². The molecule has 0 bridgehead atoms. The molecule has 0 aliphatic heterocycles. The molecule has 0 aliphatic carbocycles. The van der Waals surface area contributed by atoms with Crippen LogP contribution < -0.4 is 10.6 Å². The minimum atomic E-state index is -0.315. The molecule has 0 aromatic heterocycles. The molecule has 0 spiro atoms. The Morgan fingerprint density at radius 2 is 1.60 bits per heavy atom. The van der Waals surface area contributed by atoms with Crippen LogP contribution in [0.5, 0.6) is 0 Å². The van der Waals surface area contributed by atoms with E-state index in [4.69, 9.17) is 21.1 Å². The lowest BCUT2D eigenvalue weighted by molar-refractivity contribution is -0.121. The van der Waals surface area contributed by atoms with Crippen LogP contribution in [-0.2, 0) is 14.3 Å². The lowest BCUT2D eigenvalue weighted by atomic mass is 10.2. The van der Waals surface area contributed by atoms with Crippen molar-refractivity contribution in [2.45, 2.75) is 0 Å². The van der Waals surface area contributed by atoms with Gasteiger partial charge in [0.05, 0.1) is 24.6 Å². The van der Waals surface area contributed by atoms with Gasteiger partial charge in [0.2, 0.25) is 5.91 Å². The zero-order chi connectivity index (χ0) is 18.1. The fourth-order valence-electron chi connectivity index (χ4n) is 1.99. The normalized spacial score (nSPS) is 10.3. The second-order valence-electron chi connectivity index (χ2n) is 5.10. The number of benzene rings is 2. The smallest absolute Gasteiger partial charge is 0.255 e. The van der Waals surface area contributed by atoms with Crippen molar-refractivity contribution in [3.8, 4) is 0 Å². The lowest BCUT2D eigenvalue weighted by Gasteiger charge is -2.12. The number of halogens is 1. The van der Waals surface area contributed by atoms with E-state index in [2.05, 4.69) is 10.6 Å². The highest BCUT2D eigenvalue weighted by Crippen LogP contribution is 2.22. The van der Waals surface area contributed by atoms with E-state index >= 15 is 0 Å². The van der Waals surface area contributed by atoms with E-state index in [9.17, 15) is 9.59 Å². The molecule has 7 heteroatoms. The fourth-order valence-corrected chi connectivity index (χ4v) is 2.12. The predicted molar refractivity (Wildman–Crippen MR) is 97.2 cm³/mol. The van der Waals surface area contributed by atoms with Gasteiger partial charge in [0, 0.05) is 17.7 Å². The van der Waals surface area contributed by atoms with Crippen molar-refractivity contribution in [2.75, 3.05) is 37.6 Å². The highest BCUT2D eigenvalue weighted by molar-refractivity contribution is 6.30. The first-order chi connectivity index (χ1) is 12.1. The largest absolute Gasteiger partial charge is 0.382 e. The van der Waals surface area contributed by atoms with E-state index in [1.165, 1.54) is 0 Å². The molecule has 0 saturated heterocycles. The van der Waals surface area contributed by atoms with Gasteiger partial charge in [0.25, 0.3) is 5.91 Å². The molecule has 0 saturated carbocycles. The summed E-state index contributed by atoms with van der Waals surface area (Å²) in [6.07, 6.45) is 0. The van der Waals surface area contributed by atoms with Gasteiger partial charge in [-0.3, -0.25) is 9.59 Å². The van der Waals surface area contributed by atoms with E-state index in [1.54, 1.807) is 55.6 Å². The van der Waals surface area contributed by atoms with Crippen molar-refractivity contribution in [1.29, 1.82) is 0 Å². The highest BCUT2D eigenvalue weighted by Gasteiger charge is 2.11. The first-order valence-corrected chi connectivity index (χ1v) is 8.00. The number of amides is 2. The molecule has 0 unspecified atom stereocenters. The Kier molecular flexibility index (Phi) is 7.40. The maximum atomic E-state index is 12.3. The molecule has 0 fully saturated rings. The first-order valence-electron chi connectivity index (χ1n) is 7.62. The third kappa shape index (κ3) is 6.19. The molecule has 6 nitrogen and oxygen atoms in total. The summed E-state index contributed by atoms with van der Waals surface area (Å²) in [7, 11) is 1.56. The number of hydrogen-bond acceptors (Lipinski definition) is 4. The molecule has 2 rings (SSSR count). The number of para-hydroxylation sites is 2. The molecule has 2 amide bonds. The van der Waals surface area contributed by atoms with Crippen molar-refractivity contribution in [3.05, 3.63) is 59.1 Å². The van der Waals surface area contributed by atoms with Crippen LogP contribution in [0.25, 0.3) is 0 Å². The average molecular weight is 363 g/mol. The summed E-state index contributed by atoms with van der Waals surface area (Å²) in [5, 5.41) is 6.04. The molecule has 2 N–H and O–H groups in total. The number of rotatable bonds is 8. The molecule has 132 valence electrons. The van der Waals surface area contributed by atoms with Crippen LogP contribution in [-0.4, -0.2) is 38.7 Å². The summed E-state index contributed by atoms with van der Waals surface area (Å²) >= 11 is 5.82. The molecule has 0 heterocycles. The number of methoxy groups -OCH3 is 1. The van der Waals surface area contributed by atoms with Crippen LogP contribution in [0.15, 0.2) is 48.5 Å². The molecular weight excluding hydrogens is 344 g/mol. The van der Waals surface area contributed by atoms with Gasteiger partial charge in [0.1, 0.15) is 6.61 Å². The van der Waals surface area contributed by atoms with Crippen molar-refractivity contribution in [2.24, 2.45) is 0 Å². The molecule has 0 radical (unpaired) electrons. The minimum Gasteiger partial charge on any atom is -0.382 e. The Morgan fingerprint density at radius 1 is 0.960 bits per heavy atom. The number of anilines is 2. The summed E-state index contributed by atoms with van der Waals surface area (Å²) in [6.45, 7) is 0.655. The molecule has 2 aromatic rings. The summed E-state index contributed by atoms with van der Waals surface area (Å²) in [4.78, 5) is 24.2. The number of hydrogen-bond donors (Lipinski definition) is 2. The van der Waals surface area contributed by atoms with Crippen molar-refractivity contribution < 1.29 is 19.1 Å². The quantitative estimate of drug-likeness (QED) is 0.707. The minimum absolute atomic E-state index is 0.0944. The number of ether oxygens (including phenoxy) is 2. The highest BCUT2D eigenvalue weighted by atomic mass is 35.5. The van der Waals surface area contributed by atoms with E-state index in [1.807, 2.05) is 0 Å². The second kappa shape index (κ2) is 9.78. The summed E-state index contributed by atoms with van der Waals surface area (Å²) < 4.78 is 10.0. The zero-order valence-electron chi connectivity index (χ0n) is 13.8. The molecular formula is C18H19ClN2O4. The van der Waals surface area contributed by atoms with E-state index in [0.29, 0.717) is 35.2 Å². The Balaban J connectivity index is 1.98. The molecule has 0 aliphatic rings. The van der Waals surface area contributed by atoms with Crippen molar-refractivity contribution >= 4 is 34.8 Å². The average Bonchev–Trinajstić information content (AvgIpc) is 2.61. The SMILES string of the molecule is COCCOCC(=O)Nc1ccccc1NC(=O)c1ccc(Cl)cc1. The van der Waals surface area contributed by atoms with Crippen LogP contribution in [0, 0.1) is 0 Å². The van der Waals surface area contributed by atoms with Crippen molar-refractivity contribution in [3.63, 3.8) is 0 Å². The van der Waals surface area contributed by atoms with Gasteiger partial charge in [-0.15, -0.1) is 0 Å². The van der Waals surface area contributed by atoms with E-state index in [0.717, 1.165) is 0 Å². The fraction of sp³-hybridized carbons (Fsp3) is 0.222. The summed E-state index contributed by atoms with van der Waals surface area (Å²) in [5.41, 5.74) is 1.45. The van der Waals surface area contributed by atoms with Gasteiger partial charge in [-0.25, -0.2) is 0 Å². The lowest BCUT2D eigenvalue weighted by Crippen LogP contribution is -2.21. The molecule has 2 aromatic carbocycles. The number of carbonyl (C=O) groups excluding carboxylic acids is 2. The van der Waals surface area contributed by atoms with Gasteiger partial charge in [0.15, 0.2) is 0 Å². The summed E-state index contributed by atoms with van der Waals surface area (Å²) in [5.74, 6) is -0.612. The topological polar surface area (TPSA) is 76.7 Å². The molecule has 0 atom stereocenters. The second-order valence-corrected chi connectivity index (χ2v) is 5.54. The maximum Gasteiger partial charge on any atom is 0.255 e. The third-order valence-electron chi connectivity index (χ3n) is 3.22. The predicted octanol–water partition coefficient (Wildman–Crippen LogP) is 3.19. The monoisotopic (exact) mass is 362 g/mol. The van der Waals surface area contributed by atoms with Gasteiger partial charge >= 0.3 is 0 Å². The Bertz CT molecular complexity index is 719. The third-order valence-corrected chi connectivity index (χ3v) is 3.47. The first kappa shape index (κ1) is 18.9. The number of carbonyl (C=O) groups is 2. The van der Waals surface area contributed by atoms with E-state index in [-0.39, 0.29) is 18.4 Å². The van der Waals surface area contributed by atoms with Crippen LogP contribution in [0.3, 0.4) is 0 Å². The molecule has 25 heavy (non-hydrogen) atoms. The Hall–Kier alpha value is -2.41. The van der Waals surface area contributed by atoms with Gasteiger partial charge in [-0.2, -0.15) is 0 Å². The summed E-state index contributed by atoms with van der Waals surface area (Å²) in [6, 6.07) is 13.5. The Labute approximate surface area is 151 Å². The van der Waals surface area contributed by atoms with Gasteiger partial charge in [-0.1, -0.05) is 23.7 Å². The van der Waals surface area contributed by atoms with Crippen LogP contribution in [0.2, 0.25) is 5.02 Å². The Morgan fingerprint density at radius 3 is 2.24 bits per heavy atom. The van der Waals surface area contributed by atoms with Gasteiger partial charge in [-0.05, 0) is 36.4 Å². The van der Waals surface area contributed by atoms with Crippen LogP contribution >= 0.6 is 11.6 Å². The van der Waals surface area contributed by atoms with E-state index < -0.39 is 0 Å². The maximum absolute atomic E-state index is 12.3. The number of nitrogens with one attached hydrogen (secondary N) is 2. The van der Waals surface area contributed by atoms with Crippen molar-refractivity contribution in [1.82, 2.24) is 0 Å². The zero-order valence-corrected chi connectivity index (χ0v) is 14.5. The standard InChI is InChI=1S/C18H19ClN2O4/c1-24-10-11-25-12-17(22)20-15-4-2-3-5-16(15)21-18(23)13-6-8-14(19)9-7-13/h2-9H,10-12H2,1H3,(H,20,22)(H,21,23).